The number of rotatable bonds is 8. The summed E-state index contributed by atoms with van der Waals surface area (Å²) >= 11 is 0. The first-order chi connectivity index (χ1) is 13.2. The van der Waals surface area contributed by atoms with E-state index < -0.39 is 0 Å². The van der Waals surface area contributed by atoms with Crippen molar-refractivity contribution in [1.29, 1.82) is 0 Å². The number of aliphatic hydroxyl groups is 1. The summed E-state index contributed by atoms with van der Waals surface area (Å²) in [6.45, 7) is 7.39. The Balaban J connectivity index is 1.58. The van der Waals surface area contributed by atoms with Crippen LogP contribution in [0.25, 0.3) is 0 Å². The largest absolute Gasteiger partial charge is 0.494 e. The Hall–Kier alpha value is -1.95. The molecule has 1 saturated heterocycles. The van der Waals surface area contributed by atoms with Gasteiger partial charge in [-0.15, -0.1) is 0 Å². The molecule has 1 fully saturated rings. The molecule has 1 unspecified atom stereocenters. The highest BCUT2D eigenvalue weighted by molar-refractivity contribution is 5.27. The standard InChI is InChI=1S/C22H29FN2O2/c1-2-27-22-9-5-18(6-10-22)15-24-12-13-25(21(17-24)11-14-26)16-19-3-7-20(23)8-4-19/h3-10,21,26H,2,11-17H2,1H3. The molecule has 0 bridgehead atoms. The molecule has 1 aliphatic heterocycles. The molecular weight excluding hydrogens is 343 g/mol. The van der Waals surface area contributed by atoms with Gasteiger partial charge >= 0.3 is 0 Å². The zero-order chi connectivity index (χ0) is 19.1. The molecule has 0 spiro atoms. The van der Waals surface area contributed by atoms with E-state index in [9.17, 15) is 9.50 Å². The van der Waals surface area contributed by atoms with Crippen LogP contribution in [-0.2, 0) is 13.1 Å². The van der Waals surface area contributed by atoms with E-state index in [4.69, 9.17) is 4.74 Å². The van der Waals surface area contributed by atoms with Gasteiger partial charge in [-0.25, -0.2) is 4.39 Å². The third-order valence-electron chi connectivity index (χ3n) is 5.09. The maximum atomic E-state index is 13.1. The van der Waals surface area contributed by atoms with Crippen molar-refractivity contribution >= 4 is 0 Å². The van der Waals surface area contributed by atoms with Crippen molar-refractivity contribution in [2.24, 2.45) is 0 Å². The highest BCUT2D eigenvalue weighted by Crippen LogP contribution is 2.20. The molecule has 1 heterocycles. The van der Waals surface area contributed by atoms with Crippen LogP contribution in [-0.4, -0.2) is 53.8 Å². The van der Waals surface area contributed by atoms with E-state index in [0.717, 1.165) is 50.5 Å². The smallest absolute Gasteiger partial charge is 0.123 e. The average Bonchev–Trinajstić information content (AvgIpc) is 2.67. The summed E-state index contributed by atoms with van der Waals surface area (Å²) < 4.78 is 18.6. The number of ether oxygens (including phenoxy) is 1. The van der Waals surface area contributed by atoms with Gasteiger partial charge in [-0.1, -0.05) is 24.3 Å². The predicted molar refractivity (Wildman–Crippen MR) is 105 cm³/mol. The molecule has 4 nitrogen and oxygen atoms in total. The molecule has 1 atom stereocenters. The number of hydrogen-bond acceptors (Lipinski definition) is 4. The van der Waals surface area contributed by atoms with E-state index in [1.807, 2.05) is 31.2 Å². The molecule has 0 aromatic heterocycles. The molecule has 5 heteroatoms. The average molecular weight is 372 g/mol. The Morgan fingerprint density at radius 2 is 1.67 bits per heavy atom. The monoisotopic (exact) mass is 372 g/mol. The molecule has 0 saturated carbocycles. The number of nitrogens with zero attached hydrogens (tertiary/aromatic N) is 2. The van der Waals surface area contributed by atoms with Crippen LogP contribution in [0.3, 0.4) is 0 Å². The Morgan fingerprint density at radius 1 is 1.00 bits per heavy atom. The summed E-state index contributed by atoms with van der Waals surface area (Å²) in [5.74, 6) is 0.703. The van der Waals surface area contributed by atoms with Crippen molar-refractivity contribution in [3.05, 3.63) is 65.5 Å². The third-order valence-corrected chi connectivity index (χ3v) is 5.09. The normalized spacial score (nSPS) is 18.6. The lowest BCUT2D eigenvalue weighted by molar-refractivity contribution is 0.0499. The van der Waals surface area contributed by atoms with Gasteiger partial charge in [-0.3, -0.25) is 9.80 Å². The van der Waals surface area contributed by atoms with Crippen molar-refractivity contribution in [1.82, 2.24) is 9.80 Å². The maximum absolute atomic E-state index is 13.1. The van der Waals surface area contributed by atoms with Crippen LogP contribution < -0.4 is 4.74 Å². The van der Waals surface area contributed by atoms with Gasteiger partial charge in [0.1, 0.15) is 11.6 Å². The molecule has 0 radical (unpaired) electrons. The lowest BCUT2D eigenvalue weighted by atomic mass is 10.1. The maximum Gasteiger partial charge on any atom is 0.123 e. The third kappa shape index (κ3) is 5.76. The van der Waals surface area contributed by atoms with Gasteiger partial charge in [0.2, 0.25) is 0 Å². The number of halogens is 1. The number of hydrogen-bond donors (Lipinski definition) is 1. The highest BCUT2D eigenvalue weighted by Gasteiger charge is 2.26. The van der Waals surface area contributed by atoms with Crippen LogP contribution in [0.2, 0.25) is 0 Å². The minimum Gasteiger partial charge on any atom is -0.494 e. The van der Waals surface area contributed by atoms with Crippen molar-refractivity contribution in [2.75, 3.05) is 32.8 Å². The molecule has 3 rings (SSSR count). The van der Waals surface area contributed by atoms with Crippen molar-refractivity contribution < 1.29 is 14.2 Å². The Morgan fingerprint density at radius 3 is 2.33 bits per heavy atom. The Labute approximate surface area is 161 Å². The lowest BCUT2D eigenvalue weighted by Gasteiger charge is -2.41. The second kappa shape index (κ2) is 9.83. The summed E-state index contributed by atoms with van der Waals surface area (Å²) in [7, 11) is 0. The van der Waals surface area contributed by atoms with E-state index in [1.54, 1.807) is 0 Å². The minimum absolute atomic E-state index is 0.182. The molecule has 146 valence electrons. The highest BCUT2D eigenvalue weighted by atomic mass is 19.1. The fourth-order valence-electron chi connectivity index (χ4n) is 3.67. The summed E-state index contributed by atoms with van der Waals surface area (Å²) in [4.78, 5) is 4.84. The first kappa shape index (κ1) is 19.8. The second-order valence-corrected chi connectivity index (χ2v) is 7.08. The second-order valence-electron chi connectivity index (χ2n) is 7.08. The van der Waals surface area contributed by atoms with Gasteiger partial charge in [-0.2, -0.15) is 0 Å². The number of piperazine rings is 1. The topological polar surface area (TPSA) is 35.9 Å². The van der Waals surface area contributed by atoms with E-state index in [0.29, 0.717) is 12.6 Å². The van der Waals surface area contributed by atoms with E-state index in [1.165, 1.54) is 17.7 Å². The van der Waals surface area contributed by atoms with Crippen molar-refractivity contribution in [2.45, 2.75) is 32.5 Å². The van der Waals surface area contributed by atoms with Crippen LogP contribution in [0, 0.1) is 5.82 Å². The van der Waals surface area contributed by atoms with Gasteiger partial charge < -0.3 is 9.84 Å². The predicted octanol–water partition coefficient (Wildman–Crippen LogP) is 3.29. The van der Waals surface area contributed by atoms with E-state index >= 15 is 0 Å². The first-order valence-corrected chi connectivity index (χ1v) is 9.71. The fourth-order valence-corrected chi connectivity index (χ4v) is 3.67. The minimum atomic E-state index is -0.203. The van der Waals surface area contributed by atoms with Crippen LogP contribution in [0.4, 0.5) is 4.39 Å². The molecule has 2 aromatic carbocycles. The molecule has 1 N–H and O–H groups in total. The zero-order valence-electron chi connectivity index (χ0n) is 16.0. The van der Waals surface area contributed by atoms with Crippen molar-refractivity contribution in [3.8, 4) is 5.75 Å². The summed E-state index contributed by atoms with van der Waals surface area (Å²) in [6, 6.07) is 15.3. The van der Waals surface area contributed by atoms with Gasteiger partial charge in [0, 0.05) is 45.4 Å². The molecular formula is C22H29FN2O2. The fraction of sp³-hybridized carbons (Fsp3) is 0.455. The lowest BCUT2D eigenvalue weighted by Crippen LogP contribution is -2.52. The van der Waals surface area contributed by atoms with E-state index in [-0.39, 0.29) is 12.4 Å². The summed E-state index contributed by atoms with van der Waals surface area (Å²) in [5.41, 5.74) is 2.38. The quantitative estimate of drug-likeness (QED) is 0.771. The molecule has 2 aromatic rings. The molecule has 1 aliphatic rings. The van der Waals surface area contributed by atoms with Crippen LogP contribution >= 0.6 is 0 Å². The zero-order valence-corrected chi connectivity index (χ0v) is 16.0. The van der Waals surface area contributed by atoms with Crippen LogP contribution in [0.15, 0.2) is 48.5 Å². The first-order valence-electron chi connectivity index (χ1n) is 9.71. The SMILES string of the molecule is CCOc1ccc(CN2CCN(Cc3ccc(F)cc3)C(CCO)C2)cc1. The molecule has 27 heavy (non-hydrogen) atoms. The number of aliphatic hydroxyl groups excluding tert-OH is 1. The number of benzene rings is 2. The molecule has 0 amide bonds. The van der Waals surface area contributed by atoms with Gasteiger partial charge in [-0.05, 0) is 48.7 Å². The Kier molecular flexibility index (Phi) is 7.21. The Bertz CT molecular complexity index is 690. The van der Waals surface area contributed by atoms with Crippen LogP contribution in [0.5, 0.6) is 5.75 Å². The van der Waals surface area contributed by atoms with Crippen LogP contribution in [0.1, 0.15) is 24.5 Å². The van der Waals surface area contributed by atoms with Gasteiger partial charge in [0.15, 0.2) is 0 Å². The summed E-state index contributed by atoms with van der Waals surface area (Å²) in [5, 5.41) is 9.49. The molecule has 0 aliphatic carbocycles. The van der Waals surface area contributed by atoms with Crippen molar-refractivity contribution in [3.63, 3.8) is 0 Å². The van der Waals surface area contributed by atoms with Gasteiger partial charge in [0.25, 0.3) is 0 Å². The summed E-state index contributed by atoms with van der Waals surface area (Å²) in [6.07, 6.45) is 0.751. The van der Waals surface area contributed by atoms with E-state index in [2.05, 4.69) is 21.9 Å². The van der Waals surface area contributed by atoms with Gasteiger partial charge in [0.05, 0.1) is 6.61 Å².